The molecule has 1 aromatic carbocycles. The molecule has 1 aliphatic rings. The molecule has 0 amide bonds. The summed E-state index contributed by atoms with van der Waals surface area (Å²) < 4.78 is 11.1. The Labute approximate surface area is 174 Å². The molecule has 0 radical (unpaired) electrons. The van der Waals surface area contributed by atoms with Crippen LogP contribution in [0.3, 0.4) is 0 Å². The number of H-pyrrole nitrogens is 1. The zero-order chi connectivity index (χ0) is 20.5. The summed E-state index contributed by atoms with van der Waals surface area (Å²) >= 11 is 0. The van der Waals surface area contributed by atoms with Crippen molar-refractivity contribution in [1.29, 1.82) is 0 Å². The lowest BCUT2D eigenvalue weighted by Crippen LogP contribution is -2.47. The smallest absolute Gasteiger partial charge is 0.193 e. The van der Waals surface area contributed by atoms with E-state index in [1.54, 1.807) is 7.11 Å². The number of hydrogen-bond acceptors (Lipinski definition) is 3. The number of hydrogen-bond donors (Lipinski definition) is 2. The Balaban J connectivity index is 1.51. The van der Waals surface area contributed by atoms with E-state index in [4.69, 9.17) is 14.5 Å². The summed E-state index contributed by atoms with van der Waals surface area (Å²) in [6.45, 7) is 9.50. The summed E-state index contributed by atoms with van der Waals surface area (Å²) in [7, 11) is 1.74. The van der Waals surface area contributed by atoms with Crippen LogP contribution in [0, 0.1) is 6.92 Å². The lowest BCUT2D eigenvalue weighted by atomic mass is 10.1. The molecular formula is C23H36N4O2. The van der Waals surface area contributed by atoms with Gasteiger partial charge in [-0.05, 0) is 50.7 Å². The van der Waals surface area contributed by atoms with Gasteiger partial charge in [0.05, 0.1) is 6.10 Å². The van der Waals surface area contributed by atoms with Gasteiger partial charge >= 0.3 is 0 Å². The van der Waals surface area contributed by atoms with Gasteiger partial charge in [0.25, 0.3) is 0 Å². The van der Waals surface area contributed by atoms with Gasteiger partial charge in [0.1, 0.15) is 0 Å². The van der Waals surface area contributed by atoms with Crippen LogP contribution in [0.2, 0.25) is 0 Å². The number of guanidine groups is 1. The predicted octanol–water partition coefficient (Wildman–Crippen LogP) is 3.50. The van der Waals surface area contributed by atoms with Gasteiger partial charge in [-0.15, -0.1) is 0 Å². The summed E-state index contributed by atoms with van der Waals surface area (Å²) in [6.07, 6.45) is 6.51. The summed E-state index contributed by atoms with van der Waals surface area (Å²) in [6, 6.07) is 6.47. The van der Waals surface area contributed by atoms with Crippen LogP contribution in [-0.4, -0.2) is 68.4 Å². The van der Waals surface area contributed by atoms with E-state index in [9.17, 15) is 0 Å². The van der Waals surface area contributed by atoms with E-state index in [1.165, 1.54) is 22.0 Å². The van der Waals surface area contributed by atoms with Crippen molar-refractivity contribution in [3.05, 3.63) is 35.5 Å². The van der Waals surface area contributed by atoms with Gasteiger partial charge in [-0.3, -0.25) is 4.99 Å². The Morgan fingerprint density at radius 3 is 2.86 bits per heavy atom. The molecule has 0 saturated carbocycles. The molecule has 160 valence electrons. The molecule has 29 heavy (non-hydrogen) atoms. The van der Waals surface area contributed by atoms with Crippen LogP contribution in [-0.2, 0) is 15.9 Å². The standard InChI is InChI=1S/C23H36N4O2/c1-4-24-23(27-13-10-20(11-14-27)29-16-6-15-28-3)25-12-9-19-17-26-22-18(2)7-5-8-21(19)22/h5,7-8,17,20,26H,4,6,9-16H2,1-3H3,(H,24,25). The first-order valence-electron chi connectivity index (χ1n) is 10.9. The minimum Gasteiger partial charge on any atom is -0.385 e. The predicted molar refractivity (Wildman–Crippen MR) is 120 cm³/mol. The van der Waals surface area contributed by atoms with Crippen molar-refractivity contribution < 1.29 is 9.47 Å². The van der Waals surface area contributed by atoms with Crippen molar-refractivity contribution in [3.8, 4) is 0 Å². The number of piperidine rings is 1. The second-order valence-electron chi connectivity index (χ2n) is 7.70. The second kappa shape index (κ2) is 11.2. The van der Waals surface area contributed by atoms with Crippen LogP contribution in [0.15, 0.2) is 29.4 Å². The van der Waals surface area contributed by atoms with Crippen LogP contribution in [0.25, 0.3) is 10.9 Å². The number of rotatable bonds is 9. The molecule has 1 saturated heterocycles. The Morgan fingerprint density at radius 1 is 1.28 bits per heavy atom. The zero-order valence-corrected chi connectivity index (χ0v) is 18.2. The molecule has 2 aromatic rings. The van der Waals surface area contributed by atoms with E-state index in [2.05, 4.69) is 53.4 Å². The number of aromatic amines is 1. The SMILES string of the molecule is CCNC(=NCCc1c[nH]c2c(C)cccc12)N1CCC(OCCCOC)CC1. The number of aromatic nitrogens is 1. The number of ether oxygens (including phenoxy) is 2. The fourth-order valence-corrected chi connectivity index (χ4v) is 3.97. The van der Waals surface area contributed by atoms with E-state index < -0.39 is 0 Å². The number of nitrogens with one attached hydrogen (secondary N) is 2. The van der Waals surface area contributed by atoms with Crippen molar-refractivity contribution in [1.82, 2.24) is 15.2 Å². The highest BCUT2D eigenvalue weighted by atomic mass is 16.5. The lowest BCUT2D eigenvalue weighted by Gasteiger charge is -2.34. The third kappa shape index (κ3) is 5.97. The fraction of sp³-hybridized carbons (Fsp3) is 0.609. The molecule has 6 heteroatoms. The van der Waals surface area contributed by atoms with Gasteiger partial charge < -0.3 is 24.7 Å². The molecule has 0 atom stereocenters. The second-order valence-corrected chi connectivity index (χ2v) is 7.70. The first-order valence-corrected chi connectivity index (χ1v) is 10.9. The normalized spacial score (nSPS) is 16.0. The van der Waals surface area contributed by atoms with Gasteiger partial charge in [0.15, 0.2) is 5.96 Å². The van der Waals surface area contributed by atoms with Crippen molar-refractivity contribution in [3.63, 3.8) is 0 Å². The molecule has 0 unspecified atom stereocenters. The lowest BCUT2D eigenvalue weighted by molar-refractivity contribution is 0.00991. The van der Waals surface area contributed by atoms with E-state index in [-0.39, 0.29) is 0 Å². The van der Waals surface area contributed by atoms with Gasteiger partial charge in [-0.2, -0.15) is 0 Å². The van der Waals surface area contributed by atoms with Crippen LogP contribution >= 0.6 is 0 Å². The van der Waals surface area contributed by atoms with E-state index in [1.807, 2.05) is 0 Å². The van der Waals surface area contributed by atoms with E-state index >= 15 is 0 Å². The molecule has 2 N–H and O–H groups in total. The zero-order valence-electron chi connectivity index (χ0n) is 18.2. The number of aryl methyl sites for hydroxylation is 1. The Morgan fingerprint density at radius 2 is 2.10 bits per heavy atom. The summed E-state index contributed by atoms with van der Waals surface area (Å²) in [5.41, 5.74) is 3.87. The molecule has 3 rings (SSSR count). The summed E-state index contributed by atoms with van der Waals surface area (Å²) in [5, 5.41) is 4.78. The largest absolute Gasteiger partial charge is 0.385 e. The number of likely N-dealkylation sites (tertiary alicyclic amines) is 1. The van der Waals surface area contributed by atoms with Crippen molar-refractivity contribution >= 4 is 16.9 Å². The van der Waals surface area contributed by atoms with E-state index in [0.717, 1.165) is 71.0 Å². The summed E-state index contributed by atoms with van der Waals surface area (Å²) in [4.78, 5) is 10.7. The molecule has 0 bridgehead atoms. The number of nitrogens with zero attached hydrogens (tertiary/aromatic N) is 2. The van der Waals surface area contributed by atoms with E-state index in [0.29, 0.717) is 6.10 Å². The molecule has 1 fully saturated rings. The number of benzene rings is 1. The van der Waals surface area contributed by atoms with Crippen LogP contribution in [0.4, 0.5) is 0 Å². The van der Waals surface area contributed by atoms with Gasteiger partial charge in [-0.25, -0.2) is 0 Å². The number of para-hydroxylation sites is 1. The minimum absolute atomic E-state index is 0.362. The topological polar surface area (TPSA) is 61.9 Å². The highest BCUT2D eigenvalue weighted by Gasteiger charge is 2.21. The number of fused-ring (bicyclic) bond motifs is 1. The average Bonchev–Trinajstić information content (AvgIpc) is 3.16. The molecular weight excluding hydrogens is 364 g/mol. The quantitative estimate of drug-likeness (QED) is 0.384. The molecule has 1 aromatic heterocycles. The van der Waals surface area contributed by atoms with Crippen LogP contribution in [0.1, 0.15) is 37.3 Å². The first kappa shape index (κ1) is 21.7. The molecule has 6 nitrogen and oxygen atoms in total. The molecule has 1 aliphatic heterocycles. The van der Waals surface area contributed by atoms with Crippen molar-refractivity contribution in [2.75, 3.05) is 46.5 Å². The third-order valence-corrected chi connectivity index (χ3v) is 5.57. The van der Waals surface area contributed by atoms with Gasteiger partial charge in [-0.1, -0.05) is 18.2 Å². The Hall–Kier alpha value is -2.05. The van der Waals surface area contributed by atoms with Gasteiger partial charge in [0, 0.05) is 63.6 Å². The third-order valence-electron chi connectivity index (χ3n) is 5.57. The fourth-order valence-electron chi connectivity index (χ4n) is 3.97. The number of methoxy groups -OCH3 is 1. The minimum atomic E-state index is 0.362. The Bertz CT molecular complexity index is 778. The maximum absolute atomic E-state index is 5.98. The molecule has 0 aliphatic carbocycles. The Kier molecular flexibility index (Phi) is 8.38. The number of aliphatic imine (C=N–C) groups is 1. The molecule has 2 heterocycles. The molecule has 0 spiro atoms. The highest BCUT2D eigenvalue weighted by molar-refractivity contribution is 5.86. The van der Waals surface area contributed by atoms with Gasteiger partial charge in [0.2, 0.25) is 0 Å². The van der Waals surface area contributed by atoms with Crippen molar-refractivity contribution in [2.45, 2.75) is 45.6 Å². The maximum Gasteiger partial charge on any atom is 0.193 e. The van der Waals surface area contributed by atoms with Crippen LogP contribution < -0.4 is 5.32 Å². The monoisotopic (exact) mass is 400 g/mol. The first-order chi connectivity index (χ1) is 14.2. The van der Waals surface area contributed by atoms with Crippen LogP contribution in [0.5, 0.6) is 0 Å². The van der Waals surface area contributed by atoms with Crippen molar-refractivity contribution in [2.24, 2.45) is 4.99 Å². The highest BCUT2D eigenvalue weighted by Crippen LogP contribution is 2.21. The average molecular weight is 401 g/mol. The summed E-state index contributed by atoms with van der Waals surface area (Å²) in [5.74, 6) is 1.03. The maximum atomic E-state index is 5.98.